The smallest absolute Gasteiger partial charge is 0.233 e. The number of imide groups is 1. The van der Waals surface area contributed by atoms with Gasteiger partial charge in [-0.3, -0.25) is 19.4 Å². The highest BCUT2D eigenvalue weighted by molar-refractivity contribution is 7.17. The summed E-state index contributed by atoms with van der Waals surface area (Å²) in [4.78, 5) is 31.8. The predicted molar refractivity (Wildman–Crippen MR) is 122 cm³/mol. The third-order valence-corrected chi connectivity index (χ3v) is 8.11. The van der Waals surface area contributed by atoms with Crippen molar-refractivity contribution in [2.75, 3.05) is 44.2 Å². The van der Waals surface area contributed by atoms with Crippen molar-refractivity contribution in [1.29, 1.82) is 0 Å². The SMILES string of the molecule is O=C1C2CCCCC2C(=O)N1CCCCN1CCN(c2cccc3sccc23)CC1. The molecular formula is C24H31N3O2S. The van der Waals surface area contributed by atoms with E-state index in [2.05, 4.69) is 39.4 Å². The first-order valence-electron chi connectivity index (χ1n) is 11.5. The summed E-state index contributed by atoms with van der Waals surface area (Å²) >= 11 is 1.81. The number of piperazine rings is 1. The van der Waals surface area contributed by atoms with Gasteiger partial charge >= 0.3 is 0 Å². The van der Waals surface area contributed by atoms with Crippen LogP contribution >= 0.6 is 11.3 Å². The van der Waals surface area contributed by atoms with E-state index in [0.717, 1.165) is 71.2 Å². The topological polar surface area (TPSA) is 43.9 Å². The number of benzene rings is 1. The molecule has 2 atom stereocenters. The monoisotopic (exact) mass is 425 g/mol. The summed E-state index contributed by atoms with van der Waals surface area (Å²) in [6.45, 7) is 5.94. The van der Waals surface area contributed by atoms with E-state index in [1.54, 1.807) is 4.90 Å². The van der Waals surface area contributed by atoms with Crippen LogP contribution in [0.1, 0.15) is 38.5 Å². The normalized spacial score (nSPS) is 25.3. The number of anilines is 1. The van der Waals surface area contributed by atoms with E-state index >= 15 is 0 Å². The number of hydrogen-bond acceptors (Lipinski definition) is 5. The quantitative estimate of drug-likeness (QED) is 0.519. The van der Waals surface area contributed by atoms with Crippen molar-refractivity contribution in [3.63, 3.8) is 0 Å². The number of thiophene rings is 1. The maximum Gasteiger partial charge on any atom is 0.233 e. The minimum Gasteiger partial charge on any atom is -0.368 e. The Labute approximate surface area is 182 Å². The lowest BCUT2D eigenvalue weighted by Gasteiger charge is -2.36. The fraction of sp³-hybridized carbons (Fsp3) is 0.583. The predicted octanol–water partition coefficient (Wildman–Crippen LogP) is 3.98. The molecule has 1 aliphatic carbocycles. The van der Waals surface area contributed by atoms with Crippen LogP contribution < -0.4 is 4.90 Å². The van der Waals surface area contributed by atoms with Gasteiger partial charge in [0, 0.05) is 48.5 Å². The molecule has 6 heteroatoms. The molecule has 2 aliphatic heterocycles. The van der Waals surface area contributed by atoms with E-state index in [-0.39, 0.29) is 23.7 Å². The van der Waals surface area contributed by atoms with Gasteiger partial charge in [0.05, 0.1) is 11.8 Å². The van der Waals surface area contributed by atoms with E-state index in [1.807, 2.05) is 11.3 Å². The number of hydrogen-bond donors (Lipinski definition) is 0. The lowest BCUT2D eigenvalue weighted by atomic mass is 9.81. The molecule has 3 fully saturated rings. The summed E-state index contributed by atoms with van der Waals surface area (Å²) < 4.78 is 1.36. The Kier molecular flexibility index (Phi) is 5.79. The van der Waals surface area contributed by atoms with Crippen molar-refractivity contribution >= 4 is 38.9 Å². The van der Waals surface area contributed by atoms with Crippen LogP contribution in [0.15, 0.2) is 29.6 Å². The van der Waals surface area contributed by atoms with E-state index in [0.29, 0.717) is 6.54 Å². The average molecular weight is 426 g/mol. The van der Waals surface area contributed by atoms with E-state index in [4.69, 9.17) is 0 Å². The lowest BCUT2D eigenvalue weighted by molar-refractivity contribution is -0.140. The second-order valence-electron chi connectivity index (χ2n) is 8.97. The van der Waals surface area contributed by atoms with Gasteiger partial charge in [-0.15, -0.1) is 11.3 Å². The average Bonchev–Trinajstić information content (AvgIpc) is 3.36. The number of fused-ring (bicyclic) bond motifs is 2. The maximum atomic E-state index is 12.6. The van der Waals surface area contributed by atoms with Crippen LogP contribution in [0.4, 0.5) is 5.69 Å². The van der Waals surface area contributed by atoms with Gasteiger partial charge in [0.25, 0.3) is 0 Å². The summed E-state index contributed by atoms with van der Waals surface area (Å²) in [5.74, 6) is 0.209. The molecule has 3 aliphatic rings. The fourth-order valence-electron chi connectivity index (χ4n) is 5.52. The van der Waals surface area contributed by atoms with Crippen LogP contribution in [0.5, 0.6) is 0 Å². The van der Waals surface area contributed by atoms with Crippen LogP contribution in [0.2, 0.25) is 0 Å². The molecule has 1 aromatic carbocycles. The molecule has 30 heavy (non-hydrogen) atoms. The molecule has 2 unspecified atom stereocenters. The third-order valence-electron chi connectivity index (χ3n) is 7.22. The molecule has 0 spiro atoms. The Bertz CT molecular complexity index is 894. The molecule has 2 saturated heterocycles. The van der Waals surface area contributed by atoms with Crippen molar-refractivity contribution in [3.05, 3.63) is 29.6 Å². The zero-order chi connectivity index (χ0) is 20.5. The first-order chi connectivity index (χ1) is 14.7. The molecule has 5 rings (SSSR count). The highest BCUT2D eigenvalue weighted by Gasteiger charge is 2.47. The van der Waals surface area contributed by atoms with Gasteiger partial charge in [0.1, 0.15) is 0 Å². The van der Waals surface area contributed by atoms with Crippen molar-refractivity contribution in [2.24, 2.45) is 11.8 Å². The number of carbonyl (C=O) groups is 2. The Morgan fingerprint density at radius 2 is 1.57 bits per heavy atom. The van der Waals surface area contributed by atoms with E-state index < -0.39 is 0 Å². The van der Waals surface area contributed by atoms with Gasteiger partial charge in [0.2, 0.25) is 11.8 Å². The minimum atomic E-state index is -0.00740. The van der Waals surface area contributed by atoms with Gasteiger partial charge in [-0.1, -0.05) is 18.9 Å². The first-order valence-corrected chi connectivity index (χ1v) is 12.4. The zero-order valence-corrected chi connectivity index (χ0v) is 18.4. The second-order valence-corrected chi connectivity index (χ2v) is 9.92. The maximum absolute atomic E-state index is 12.6. The highest BCUT2D eigenvalue weighted by atomic mass is 32.1. The standard InChI is InChI=1S/C24H31N3O2S/c28-23-18-6-1-2-7-19(18)24(29)27(23)12-4-3-11-25-13-15-26(16-14-25)21-8-5-9-22-20(21)10-17-30-22/h5,8-10,17-19H,1-4,6-7,11-16H2. The largest absolute Gasteiger partial charge is 0.368 e. The van der Waals surface area contributed by atoms with Crippen LogP contribution in [0, 0.1) is 11.8 Å². The number of rotatable bonds is 6. The second kappa shape index (κ2) is 8.67. The van der Waals surface area contributed by atoms with Gasteiger partial charge in [-0.05, 0) is 55.8 Å². The fourth-order valence-corrected chi connectivity index (χ4v) is 6.33. The van der Waals surface area contributed by atoms with Crippen LogP contribution in [-0.4, -0.2) is 60.9 Å². The minimum absolute atomic E-state index is 0.00740. The Balaban J connectivity index is 1.07. The molecule has 2 amide bonds. The number of unbranched alkanes of at least 4 members (excludes halogenated alkanes) is 1. The van der Waals surface area contributed by atoms with Gasteiger partial charge < -0.3 is 4.90 Å². The van der Waals surface area contributed by atoms with Crippen molar-refractivity contribution in [2.45, 2.75) is 38.5 Å². The molecule has 1 aromatic heterocycles. The van der Waals surface area contributed by atoms with Gasteiger partial charge in [-0.2, -0.15) is 0 Å². The summed E-state index contributed by atoms with van der Waals surface area (Å²) in [5.41, 5.74) is 1.36. The molecule has 5 nitrogen and oxygen atoms in total. The zero-order valence-electron chi connectivity index (χ0n) is 17.6. The number of likely N-dealkylation sites (tertiary alicyclic amines) is 1. The number of carbonyl (C=O) groups excluding carboxylic acids is 2. The molecule has 2 aromatic rings. The molecule has 0 bridgehead atoms. The highest BCUT2D eigenvalue weighted by Crippen LogP contribution is 2.38. The molecule has 1 saturated carbocycles. The van der Waals surface area contributed by atoms with Gasteiger partial charge in [0.15, 0.2) is 0 Å². The molecule has 0 radical (unpaired) electrons. The summed E-state index contributed by atoms with van der Waals surface area (Å²) in [6, 6.07) is 8.84. The number of amides is 2. The van der Waals surface area contributed by atoms with Crippen LogP contribution in [0.3, 0.4) is 0 Å². The van der Waals surface area contributed by atoms with Gasteiger partial charge in [-0.25, -0.2) is 0 Å². The lowest BCUT2D eigenvalue weighted by Crippen LogP contribution is -2.46. The summed E-state index contributed by atoms with van der Waals surface area (Å²) in [7, 11) is 0. The van der Waals surface area contributed by atoms with E-state index in [1.165, 1.54) is 15.8 Å². The molecular weight excluding hydrogens is 394 g/mol. The molecule has 0 N–H and O–H groups in total. The third kappa shape index (κ3) is 3.76. The first kappa shape index (κ1) is 20.0. The Hall–Kier alpha value is -1.92. The van der Waals surface area contributed by atoms with Crippen molar-refractivity contribution in [1.82, 2.24) is 9.80 Å². The van der Waals surface area contributed by atoms with Crippen molar-refractivity contribution in [3.8, 4) is 0 Å². The molecule has 3 heterocycles. The Morgan fingerprint density at radius 1 is 0.867 bits per heavy atom. The number of nitrogens with zero attached hydrogens (tertiary/aromatic N) is 3. The molecule has 160 valence electrons. The van der Waals surface area contributed by atoms with E-state index in [9.17, 15) is 9.59 Å². The van der Waals surface area contributed by atoms with Crippen LogP contribution in [-0.2, 0) is 9.59 Å². The van der Waals surface area contributed by atoms with Crippen LogP contribution in [0.25, 0.3) is 10.1 Å². The van der Waals surface area contributed by atoms with Crippen molar-refractivity contribution < 1.29 is 9.59 Å². The Morgan fingerprint density at radius 3 is 2.30 bits per heavy atom. The summed E-state index contributed by atoms with van der Waals surface area (Å²) in [5, 5.41) is 3.55. The summed E-state index contributed by atoms with van der Waals surface area (Å²) in [6.07, 6.45) is 5.99.